The molecule has 1 fully saturated rings. The zero-order valence-corrected chi connectivity index (χ0v) is 13.8. The Bertz CT molecular complexity index is 320. The molecular formula is C16H32N2O. The molecule has 0 spiro atoms. The largest absolute Gasteiger partial charge is 0.351 e. The van der Waals surface area contributed by atoms with E-state index in [9.17, 15) is 4.79 Å². The number of nitrogens with one attached hydrogen (secondary N) is 2. The third-order valence-corrected chi connectivity index (χ3v) is 4.17. The summed E-state index contributed by atoms with van der Waals surface area (Å²) in [4.78, 5) is 12.8. The van der Waals surface area contributed by atoms with Crippen molar-refractivity contribution in [2.75, 3.05) is 13.1 Å². The van der Waals surface area contributed by atoms with Crippen LogP contribution in [0.5, 0.6) is 0 Å². The lowest BCUT2D eigenvalue weighted by atomic mass is 9.74. The first kappa shape index (κ1) is 16.5. The van der Waals surface area contributed by atoms with Gasteiger partial charge in [0.2, 0.25) is 5.91 Å². The maximum Gasteiger partial charge on any atom is 0.228 e. The van der Waals surface area contributed by atoms with Gasteiger partial charge in [-0.25, -0.2) is 0 Å². The van der Waals surface area contributed by atoms with E-state index in [1.807, 2.05) is 0 Å². The Morgan fingerprint density at radius 2 is 1.84 bits per heavy atom. The average Bonchev–Trinajstić information content (AvgIpc) is 2.61. The van der Waals surface area contributed by atoms with Gasteiger partial charge in [0.1, 0.15) is 0 Å². The fraction of sp³-hybridized carbons (Fsp3) is 0.938. The molecule has 0 saturated carbocycles. The third kappa shape index (κ3) is 4.20. The summed E-state index contributed by atoms with van der Waals surface area (Å²) in [6, 6.07) is 0. The van der Waals surface area contributed by atoms with Gasteiger partial charge in [-0.2, -0.15) is 0 Å². The van der Waals surface area contributed by atoms with E-state index < -0.39 is 0 Å². The van der Waals surface area contributed by atoms with Crippen LogP contribution in [0, 0.1) is 16.7 Å². The van der Waals surface area contributed by atoms with Crippen LogP contribution in [0.1, 0.15) is 61.3 Å². The first-order chi connectivity index (χ1) is 8.49. The van der Waals surface area contributed by atoms with E-state index in [-0.39, 0.29) is 22.3 Å². The molecule has 1 rings (SSSR count). The Kier molecular flexibility index (Phi) is 4.71. The standard InChI is InChI=1S/C16H32N2O/c1-12(2)16(8-9-17-11-16)13(19)18-15(6,7)10-14(3,4)5/h12,17H,8-11H2,1-7H3,(H,18,19). The molecule has 112 valence electrons. The molecule has 3 heteroatoms. The van der Waals surface area contributed by atoms with Crippen molar-refractivity contribution in [2.24, 2.45) is 16.7 Å². The molecule has 0 aromatic rings. The summed E-state index contributed by atoms with van der Waals surface area (Å²) in [5.74, 6) is 0.592. The molecule has 3 nitrogen and oxygen atoms in total. The van der Waals surface area contributed by atoms with Crippen molar-refractivity contribution < 1.29 is 4.79 Å². The summed E-state index contributed by atoms with van der Waals surface area (Å²) in [5.41, 5.74) is -0.162. The second-order valence-corrected chi connectivity index (χ2v) is 8.31. The molecule has 1 unspecified atom stereocenters. The van der Waals surface area contributed by atoms with Gasteiger partial charge in [-0.15, -0.1) is 0 Å². The van der Waals surface area contributed by atoms with Gasteiger partial charge in [0, 0.05) is 12.1 Å². The van der Waals surface area contributed by atoms with Crippen molar-refractivity contribution >= 4 is 5.91 Å². The van der Waals surface area contributed by atoms with Gasteiger partial charge < -0.3 is 10.6 Å². The molecule has 19 heavy (non-hydrogen) atoms. The van der Waals surface area contributed by atoms with E-state index in [1.54, 1.807) is 0 Å². The van der Waals surface area contributed by atoms with Crippen molar-refractivity contribution in [1.29, 1.82) is 0 Å². The van der Waals surface area contributed by atoms with Gasteiger partial charge in [0.25, 0.3) is 0 Å². The van der Waals surface area contributed by atoms with Gasteiger partial charge in [-0.05, 0) is 44.6 Å². The monoisotopic (exact) mass is 268 g/mol. The Balaban J connectivity index is 2.77. The summed E-state index contributed by atoms with van der Waals surface area (Å²) in [6.07, 6.45) is 1.93. The average molecular weight is 268 g/mol. The van der Waals surface area contributed by atoms with Gasteiger partial charge in [-0.1, -0.05) is 34.6 Å². The maximum absolute atomic E-state index is 12.8. The SMILES string of the molecule is CC(C)C1(C(=O)NC(C)(C)CC(C)(C)C)CCNC1. The first-order valence-electron chi connectivity index (χ1n) is 7.52. The first-order valence-corrected chi connectivity index (χ1v) is 7.52. The van der Waals surface area contributed by atoms with Crippen LogP contribution in [-0.4, -0.2) is 24.5 Å². The zero-order valence-electron chi connectivity index (χ0n) is 13.8. The predicted molar refractivity (Wildman–Crippen MR) is 81.1 cm³/mol. The Morgan fingerprint density at radius 3 is 2.21 bits per heavy atom. The van der Waals surface area contributed by atoms with Crippen molar-refractivity contribution in [3.63, 3.8) is 0 Å². The van der Waals surface area contributed by atoms with E-state index in [2.05, 4.69) is 59.1 Å². The topological polar surface area (TPSA) is 41.1 Å². The summed E-state index contributed by atoms with van der Waals surface area (Å²) in [6.45, 7) is 17.0. The second-order valence-electron chi connectivity index (χ2n) is 8.31. The highest BCUT2D eigenvalue weighted by molar-refractivity contribution is 5.84. The van der Waals surface area contributed by atoms with Crippen molar-refractivity contribution in [1.82, 2.24) is 10.6 Å². The molecule has 0 aromatic carbocycles. The van der Waals surface area contributed by atoms with Crippen LogP contribution in [0.15, 0.2) is 0 Å². The quantitative estimate of drug-likeness (QED) is 0.823. The number of carbonyl (C=O) groups excluding carboxylic acids is 1. The molecule has 0 aliphatic carbocycles. The highest BCUT2D eigenvalue weighted by Gasteiger charge is 2.45. The zero-order chi connectivity index (χ0) is 14.9. The van der Waals surface area contributed by atoms with Gasteiger partial charge in [-0.3, -0.25) is 4.79 Å². The lowest BCUT2D eigenvalue weighted by Crippen LogP contribution is -2.54. The minimum absolute atomic E-state index is 0.153. The van der Waals surface area contributed by atoms with Gasteiger partial charge in [0.05, 0.1) is 5.41 Å². The highest BCUT2D eigenvalue weighted by atomic mass is 16.2. The number of rotatable bonds is 4. The van der Waals surface area contributed by atoms with E-state index in [0.29, 0.717) is 5.92 Å². The molecule has 0 bridgehead atoms. The normalized spacial score (nSPS) is 24.8. The van der Waals surface area contributed by atoms with Gasteiger partial charge >= 0.3 is 0 Å². The Hall–Kier alpha value is -0.570. The molecule has 1 atom stereocenters. The molecule has 1 heterocycles. The minimum atomic E-state index is -0.227. The van der Waals surface area contributed by atoms with Crippen LogP contribution in [0.2, 0.25) is 0 Å². The lowest BCUT2D eigenvalue weighted by Gasteiger charge is -2.38. The maximum atomic E-state index is 12.8. The molecule has 0 radical (unpaired) electrons. The van der Waals surface area contributed by atoms with Crippen molar-refractivity contribution in [3.05, 3.63) is 0 Å². The summed E-state index contributed by atoms with van der Waals surface area (Å²) < 4.78 is 0. The molecule has 2 N–H and O–H groups in total. The number of hydrogen-bond acceptors (Lipinski definition) is 2. The third-order valence-electron chi connectivity index (χ3n) is 4.17. The minimum Gasteiger partial charge on any atom is -0.351 e. The van der Waals surface area contributed by atoms with Crippen LogP contribution in [0.4, 0.5) is 0 Å². The molecule has 1 aliphatic rings. The fourth-order valence-electron chi connectivity index (χ4n) is 3.46. The smallest absolute Gasteiger partial charge is 0.228 e. The summed E-state index contributed by atoms with van der Waals surface area (Å²) >= 11 is 0. The molecule has 1 aliphatic heterocycles. The van der Waals surface area contributed by atoms with Crippen molar-refractivity contribution in [2.45, 2.75) is 66.8 Å². The molecule has 1 amide bonds. The van der Waals surface area contributed by atoms with Crippen LogP contribution in [-0.2, 0) is 4.79 Å². The number of carbonyl (C=O) groups is 1. The van der Waals surface area contributed by atoms with Crippen LogP contribution < -0.4 is 10.6 Å². The predicted octanol–water partition coefficient (Wildman–Crippen LogP) is 2.95. The summed E-state index contributed by atoms with van der Waals surface area (Å²) in [7, 11) is 0. The van der Waals surface area contributed by atoms with Crippen LogP contribution in [0.3, 0.4) is 0 Å². The van der Waals surface area contributed by atoms with Gasteiger partial charge in [0.15, 0.2) is 0 Å². The van der Waals surface area contributed by atoms with Crippen LogP contribution >= 0.6 is 0 Å². The lowest BCUT2D eigenvalue weighted by molar-refractivity contribution is -0.134. The second kappa shape index (κ2) is 5.43. The molecule has 0 aromatic heterocycles. The van der Waals surface area contributed by atoms with E-state index in [0.717, 1.165) is 25.9 Å². The highest BCUT2D eigenvalue weighted by Crippen LogP contribution is 2.36. The number of hydrogen-bond donors (Lipinski definition) is 2. The van der Waals surface area contributed by atoms with E-state index in [1.165, 1.54) is 0 Å². The Morgan fingerprint density at radius 1 is 1.26 bits per heavy atom. The summed E-state index contributed by atoms with van der Waals surface area (Å²) in [5, 5.41) is 6.65. The molecule has 1 saturated heterocycles. The van der Waals surface area contributed by atoms with Crippen LogP contribution in [0.25, 0.3) is 0 Å². The van der Waals surface area contributed by atoms with E-state index in [4.69, 9.17) is 0 Å². The Labute approximate surface area is 118 Å². The van der Waals surface area contributed by atoms with Crippen molar-refractivity contribution in [3.8, 4) is 0 Å². The fourth-order valence-corrected chi connectivity index (χ4v) is 3.46. The molecular weight excluding hydrogens is 236 g/mol. The number of amides is 1. The van der Waals surface area contributed by atoms with E-state index >= 15 is 0 Å².